The third kappa shape index (κ3) is 3.16. The fraction of sp³-hybridized carbons (Fsp3) is 0.500. The summed E-state index contributed by atoms with van der Waals surface area (Å²) in [6, 6.07) is 4.01. The zero-order valence-corrected chi connectivity index (χ0v) is 9.69. The van der Waals surface area contributed by atoms with Crippen LogP contribution in [-0.2, 0) is 0 Å². The van der Waals surface area contributed by atoms with Crippen molar-refractivity contribution in [3.8, 4) is 0 Å². The average Bonchev–Trinajstić information content (AvgIpc) is 2.08. The van der Waals surface area contributed by atoms with E-state index < -0.39 is 0 Å². The number of aromatic nitrogens is 1. The maximum atomic E-state index is 5.72. The van der Waals surface area contributed by atoms with Crippen molar-refractivity contribution in [1.29, 1.82) is 0 Å². The number of nitrogens with two attached hydrogens (primary N) is 1. The van der Waals surface area contributed by atoms with E-state index in [0.29, 0.717) is 0 Å². The summed E-state index contributed by atoms with van der Waals surface area (Å²) >= 11 is 0. The number of hydrogen-bond acceptors (Lipinski definition) is 3. The van der Waals surface area contributed by atoms with E-state index >= 15 is 0 Å². The topological polar surface area (TPSA) is 50.9 Å². The monoisotopic (exact) mass is 215 g/mol. The van der Waals surface area contributed by atoms with Gasteiger partial charge < -0.3 is 11.1 Å². The number of halogens is 1. The predicted molar refractivity (Wildman–Crippen MR) is 63.0 cm³/mol. The van der Waals surface area contributed by atoms with Gasteiger partial charge in [-0.1, -0.05) is 0 Å². The molecular weight excluding hydrogens is 198 g/mol. The molecule has 1 atom stereocenters. The predicted octanol–water partition coefficient (Wildman–Crippen LogP) is 2.26. The van der Waals surface area contributed by atoms with Gasteiger partial charge in [0, 0.05) is 12.6 Å². The van der Waals surface area contributed by atoms with E-state index in [-0.39, 0.29) is 18.4 Å². The Balaban J connectivity index is 0.00000169. The summed E-state index contributed by atoms with van der Waals surface area (Å²) in [4.78, 5) is 4.40. The van der Waals surface area contributed by atoms with Crippen LogP contribution in [0.15, 0.2) is 12.1 Å². The van der Waals surface area contributed by atoms with E-state index in [1.54, 1.807) is 0 Å². The van der Waals surface area contributed by atoms with E-state index in [1.807, 2.05) is 26.0 Å². The fourth-order valence-corrected chi connectivity index (χ4v) is 1.21. The molecule has 0 saturated carbocycles. The van der Waals surface area contributed by atoms with Crippen molar-refractivity contribution in [2.75, 3.05) is 11.9 Å². The summed E-state index contributed by atoms with van der Waals surface area (Å²) in [5.41, 5.74) is 8.77. The first kappa shape index (κ1) is 13.2. The lowest BCUT2D eigenvalue weighted by molar-refractivity contribution is 0.776. The molecule has 14 heavy (non-hydrogen) atoms. The van der Waals surface area contributed by atoms with Gasteiger partial charge in [-0.25, -0.2) is 0 Å². The van der Waals surface area contributed by atoms with Gasteiger partial charge in [0.2, 0.25) is 0 Å². The molecule has 0 aliphatic heterocycles. The molecule has 1 aromatic rings. The van der Waals surface area contributed by atoms with Crippen LogP contribution in [0.1, 0.15) is 31.3 Å². The second kappa shape index (κ2) is 5.83. The van der Waals surface area contributed by atoms with Crippen molar-refractivity contribution in [3.05, 3.63) is 23.5 Å². The third-order valence-electron chi connectivity index (χ3n) is 1.94. The molecule has 3 N–H and O–H groups in total. The Morgan fingerprint density at radius 1 is 1.50 bits per heavy atom. The summed E-state index contributed by atoms with van der Waals surface area (Å²) < 4.78 is 0. The van der Waals surface area contributed by atoms with Gasteiger partial charge in [0.25, 0.3) is 0 Å². The van der Waals surface area contributed by atoms with Gasteiger partial charge in [-0.2, -0.15) is 0 Å². The average molecular weight is 216 g/mol. The molecule has 3 nitrogen and oxygen atoms in total. The molecule has 0 aromatic carbocycles. The SMILES string of the molecule is CCNc1ccc([C@@H](C)N)nc1C.Cl. The fourth-order valence-electron chi connectivity index (χ4n) is 1.21. The Morgan fingerprint density at radius 2 is 2.14 bits per heavy atom. The zero-order chi connectivity index (χ0) is 9.84. The van der Waals surface area contributed by atoms with Crippen molar-refractivity contribution in [1.82, 2.24) is 4.98 Å². The van der Waals surface area contributed by atoms with Gasteiger partial charge in [-0.15, -0.1) is 12.4 Å². The lowest BCUT2D eigenvalue weighted by Gasteiger charge is -2.10. The smallest absolute Gasteiger partial charge is 0.0607 e. The number of pyridine rings is 1. The zero-order valence-electron chi connectivity index (χ0n) is 8.87. The number of aryl methyl sites for hydroxylation is 1. The first-order valence-electron chi connectivity index (χ1n) is 4.62. The van der Waals surface area contributed by atoms with Gasteiger partial charge in [-0.3, -0.25) is 4.98 Å². The number of hydrogen-bond donors (Lipinski definition) is 2. The quantitative estimate of drug-likeness (QED) is 0.814. The van der Waals surface area contributed by atoms with E-state index in [1.165, 1.54) is 0 Å². The Hall–Kier alpha value is -0.800. The molecule has 0 aliphatic carbocycles. The molecule has 0 spiro atoms. The van der Waals surface area contributed by atoms with E-state index in [4.69, 9.17) is 5.73 Å². The molecule has 0 saturated heterocycles. The Kier molecular flexibility index (Phi) is 5.50. The van der Waals surface area contributed by atoms with Crippen molar-refractivity contribution in [3.63, 3.8) is 0 Å². The summed E-state index contributed by atoms with van der Waals surface area (Å²) in [7, 11) is 0. The highest BCUT2D eigenvalue weighted by Gasteiger charge is 2.03. The van der Waals surface area contributed by atoms with Crippen molar-refractivity contribution < 1.29 is 0 Å². The minimum atomic E-state index is 0. The van der Waals surface area contributed by atoms with Crippen LogP contribution >= 0.6 is 12.4 Å². The summed E-state index contributed by atoms with van der Waals surface area (Å²) in [6.07, 6.45) is 0. The Bertz CT molecular complexity index is 287. The first-order chi connectivity index (χ1) is 6.15. The minimum Gasteiger partial charge on any atom is -0.384 e. The lowest BCUT2D eigenvalue weighted by Crippen LogP contribution is -2.09. The molecule has 0 aliphatic rings. The summed E-state index contributed by atoms with van der Waals surface area (Å²) in [5.74, 6) is 0. The molecule has 0 amide bonds. The standard InChI is InChI=1S/C10H17N3.ClH/c1-4-12-10-6-5-9(7(2)11)13-8(10)3;/h5-7,12H,4,11H2,1-3H3;1H/t7-;/m1./s1. The van der Waals surface area contributed by atoms with Gasteiger partial charge in [-0.05, 0) is 32.9 Å². The Morgan fingerprint density at radius 3 is 2.57 bits per heavy atom. The molecule has 1 aromatic heterocycles. The van der Waals surface area contributed by atoms with Crippen LogP contribution in [0.4, 0.5) is 5.69 Å². The highest BCUT2D eigenvalue weighted by molar-refractivity contribution is 5.85. The second-order valence-corrected chi connectivity index (χ2v) is 3.19. The maximum absolute atomic E-state index is 5.72. The van der Waals surface area contributed by atoms with Gasteiger partial charge in [0.15, 0.2) is 0 Å². The molecule has 1 heterocycles. The maximum Gasteiger partial charge on any atom is 0.0607 e. The van der Waals surface area contributed by atoms with Crippen LogP contribution < -0.4 is 11.1 Å². The molecule has 1 rings (SSSR count). The molecular formula is C10H18ClN3. The molecule has 80 valence electrons. The van der Waals surface area contributed by atoms with Gasteiger partial charge in [0.05, 0.1) is 17.1 Å². The molecule has 0 radical (unpaired) electrons. The Labute approximate surface area is 91.5 Å². The van der Waals surface area contributed by atoms with Crippen LogP contribution in [0.5, 0.6) is 0 Å². The van der Waals surface area contributed by atoms with Gasteiger partial charge >= 0.3 is 0 Å². The molecule has 0 fully saturated rings. The first-order valence-corrected chi connectivity index (χ1v) is 4.62. The summed E-state index contributed by atoms with van der Waals surface area (Å²) in [5, 5.41) is 3.24. The second-order valence-electron chi connectivity index (χ2n) is 3.19. The van der Waals surface area contributed by atoms with E-state index in [9.17, 15) is 0 Å². The number of rotatable bonds is 3. The highest BCUT2D eigenvalue weighted by atomic mass is 35.5. The molecule has 0 unspecified atom stereocenters. The number of nitrogens with one attached hydrogen (secondary N) is 1. The number of nitrogens with zero attached hydrogens (tertiary/aromatic N) is 1. The molecule has 4 heteroatoms. The van der Waals surface area contributed by atoms with Crippen molar-refractivity contribution >= 4 is 18.1 Å². The van der Waals surface area contributed by atoms with Crippen LogP contribution in [0, 0.1) is 6.92 Å². The van der Waals surface area contributed by atoms with E-state index in [0.717, 1.165) is 23.6 Å². The third-order valence-corrected chi connectivity index (χ3v) is 1.94. The summed E-state index contributed by atoms with van der Waals surface area (Å²) in [6.45, 7) is 6.91. The van der Waals surface area contributed by atoms with Crippen molar-refractivity contribution in [2.45, 2.75) is 26.8 Å². The highest BCUT2D eigenvalue weighted by Crippen LogP contribution is 2.15. The normalized spacial score (nSPS) is 11.7. The minimum absolute atomic E-state index is 0. The van der Waals surface area contributed by atoms with E-state index in [2.05, 4.69) is 17.2 Å². The number of anilines is 1. The lowest BCUT2D eigenvalue weighted by atomic mass is 10.2. The van der Waals surface area contributed by atoms with Crippen LogP contribution in [0.3, 0.4) is 0 Å². The van der Waals surface area contributed by atoms with Crippen molar-refractivity contribution in [2.24, 2.45) is 5.73 Å². The molecule has 0 bridgehead atoms. The van der Waals surface area contributed by atoms with Gasteiger partial charge in [0.1, 0.15) is 0 Å². The van der Waals surface area contributed by atoms with Crippen LogP contribution in [0.25, 0.3) is 0 Å². The largest absolute Gasteiger partial charge is 0.384 e. The van der Waals surface area contributed by atoms with Crippen LogP contribution in [-0.4, -0.2) is 11.5 Å². The van der Waals surface area contributed by atoms with Crippen LogP contribution in [0.2, 0.25) is 0 Å².